The molecule has 2 aliphatic rings. The summed E-state index contributed by atoms with van der Waals surface area (Å²) in [6.07, 6.45) is 0.0543. The number of aliphatic imine (C=N–C) groups is 1. The molecule has 0 radical (unpaired) electrons. The van der Waals surface area contributed by atoms with E-state index in [1.807, 2.05) is 0 Å². The van der Waals surface area contributed by atoms with Gasteiger partial charge in [-0.1, -0.05) is 0 Å². The standard InChI is InChI=1S/C18H33F3N4O2.HI/c1-22-16(24-12-17(5-10-26)6-11-27-14-17)23-7-2-15-3-8-25(9-4-15)13-18(19,20)21;/h15,26H,2-14H2,1H3,(H2,22,23,24);1H. The van der Waals surface area contributed by atoms with Gasteiger partial charge in [0.05, 0.1) is 13.2 Å². The number of hydrogen-bond donors (Lipinski definition) is 3. The topological polar surface area (TPSA) is 69.1 Å². The molecule has 2 fully saturated rings. The van der Waals surface area contributed by atoms with E-state index in [2.05, 4.69) is 15.6 Å². The van der Waals surface area contributed by atoms with Crippen molar-refractivity contribution >= 4 is 29.9 Å². The first-order valence-electron chi connectivity index (χ1n) is 9.78. The van der Waals surface area contributed by atoms with Gasteiger partial charge in [0.15, 0.2) is 5.96 Å². The smallest absolute Gasteiger partial charge is 0.396 e. The van der Waals surface area contributed by atoms with Crippen LogP contribution in [0.25, 0.3) is 0 Å². The monoisotopic (exact) mass is 522 g/mol. The van der Waals surface area contributed by atoms with Gasteiger partial charge >= 0.3 is 6.18 Å². The molecule has 6 nitrogen and oxygen atoms in total. The Hall–Kier alpha value is -0.330. The van der Waals surface area contributed by atoms with Crippen molar-refractivity contribution in [2.45, 2.75) is 38.3 Å². The van der Waals surface area contributed by atoms with Crippen molar-refractivity contribution in [2.24, 2.45) is 16.3 Å². The van der Waals surface area contributed by atoms with Crippen molar-refractivity contribution in [1.82, 2.24) is 15.5 Å². The maximum absolute atomic E-state index is 12.4. The first-order chi connectivity index (χ1) is 12.9. The molecule has 0 amide bonds. The fraction of sp³-hybridized carbons (Fsp3) is 0.944. The summed E-state index contributed by atoms with van der Waals surface area (Å²) in [5, 5.41) is 15.9. The third kappa shape index (κ3) is 9.00. The molecule has 2 aliphatic heterocycles. The second kappa shape index (κ2) is 12.4. The van der Waals surface area contributed by atoms with E-state index in [0.717, 1.165) is 38.8 Å². The van der Waals surface area contributed by atoms with E-state index < -0.39 is 12.7 Å². The van der Waals surface area contributed by atoms with Crippen LogP contribution in [0, 0.1) is 11.3 Å². The van der Waals surface area contributed by atoms with Crippen molar-refractivity contribution in [3.63, 3.8) is 0 Å². The van der Waals surface area contributed by atoms with Gasteiger partial charge in [0.2, 0.25) is 0 Å². The molecule has 0 saturated carbocycles. The number of likely N-dealkylation sites (tertiary alicyclic amines) is 1. The Morgan fingerprint density at radius 3 is 2.54 bits per heavy atom. The van der Waals surface area contributed by atoms with Crippen molar-refractivity contribution in [1.29, 1.82) is 0 Å². The first kappa shape index (κ1) is 25.7. The van der Waals surface area contributed by atoms with Gasteiger partial charge in [-0.05, 0) is 51.1 Å². The molecular formula is C18H34F3IN4O2. The molecular weight excluding hydrogens is 488 g/mol. The third-order valence-electron chi connectivity index (χ3n) is 5.64. The SMILES string of the molecule is CN=C(NCCC1CCN(CC(F)(F)F)CC1)NCC1(CCO)CCOC1.I. The van der Waals surface area contributed by atoms with Gasteiger partial charge < -0.3 is 20.5 Å². The zero-order valence-corrected chi connectivity index (χ0v) is 18.9. The number of ether oxygens (including phenoxy) is 1. The van der Waals surface area contributed by atoms with E-state index in [9.17, 15) is 18.3 Å². The molecule has 2 saturated heterocycles. The largest absolute Gasteiger partial charge is 0.401 e. The highest BCUT2D eigenvalue weighted by atomic mass is 127. The lowest BCUT2D eigenvalue weighted by molar-refractivity contribution is -0.148. The summed E-state index contributed by atoms with van der Waals surface area (Å²) in [5.74, 6) is 1.16. The van der Waals surface area contributed by atoms with Gasteiger partial charge in [0.25, 0.3) is 0 Å². The van der Waals surface area contributed by atoms with Gasteiger partial charge in [-0.2, -0.15) is 13.2 Å². The summed E-state index contributed by atoms with van der Waals surface area (Å²) in [6.45, 7) is 3.19. The maximum atomic E-state index is 12.4. The average Bonchev–Trinajstić information content (AvgIpc) is 3.07. The second-order valence-corrected chi connectivity index (χ2v) is 7.75. The Morgan fingerprint density at radius 2 is 2.00 bits per heavy atom. The molecule has 2 rings (SSSR count). The number of aliphatic hydroxyl groups excluding tert-OH is 1. The van der Waals surface area contributed by atoms with Crippen LogP contribution < -0.4 is 10.6 Å². The molecule has 0 aliphatic carbocycles. The number of nitrogens with one attached hydrogen (secondary N) is 2. The van der Waals surface area contributed by atoms with Gasteiger partial charge in [0.1, 0.15) is 0 Å². The average molecular weight is 522 g/mol. The number of rotatable bonds is 8. The number of alkyl halides is 3. The summed E-state index contributed by atoms with van der Waals surface area (Å²) >= 11 is 0. The summed E-state index contributed by atoms with van der Waals surface area (Å²) in [5.41, 5.74) is -0.0440. The van der Waals surface area contributed by atoms with E-state index in [1.54, 1.807) is 7.05 Å². The Bertz CT molecular complexity index is 466. The summed E-state index contributed by atoms with van der Waals surface area (Å²) in [7, 11) is 1.72. The lowest BCUT2D eigenvalue weighted by Crippen LogP contribution is -2.45. The molecule has 0 aromatic carbocycles. The van der Waals surface area contributed by atoms with Crippen molar-refractivity contribution in [3.8, 4) is 0 Å². The predicted molar refractivity (Wildman–Crippen MR) is 114 cm³/mol. The summed E-state index contributed by atoms with van der Waals surface area (Å²) in [6, 6.07) is 0. The lowest BCUT2D eigenvalue weighted by Gasteiger charge is -2.32. The molecule has 2 heterocycles. The van der Waals surface area contributed by atoms with Crippen LogP contribution in [0.1, 0.15) is 32.1 Å². The molecule has 3 N–H and O–H groups in total. The van der Waals surface area contributed by atoms with Crippen LogP contribution in [0.5, 0.6) is 0 Å². The molecule has 0 aromatic rings. The van der Waals surface area contributed by atoms with Crippen LogP contribution >= 0.6 is 24.0 Å². The molecule has 10 heteroatoms. The van der Waals surface area contributed by atoms with Crippen LogP contribution in [0.4, 0.5) is 13.2 Å². The van der Waals surface area contributed by atoms with E-state index in [1.165, 1.54) is 4.90 Å². The third-order valence-corrected chi connectivity index (χ3v) is 5.64. The molecule has 166 valence electrons. The highest BCUT2D eigenvalue weighted by molar-refractivity contribution is 14.0. The zero-order valence-electron chi connectivity index (χ0n) is 16.6. The Balaban J connectivity index is 0.00000392. The number of hydrogen-bond acceptors (Lipinski definition) is 4. The van der Waals surface area contributed by atoms with Crippen LogP contribution in [-0.2, 0) is 4.74 Å². The minimum atomic E-state index is -4.11. The second-order valence-electron chi connectivity index (χ2n) is 7.75. The molecule has 0 aromatic heterocycles. The number of guanidine groups is 1. The van der Waals surface area contributed by atoms with E-state index in [-0.39, 0.29) is 36.0 Å². The summed E-state index contributed by atoms with van der Waals surface area (Å²) < 4.78 is 42.8. The van der Waals surface area contributed by atoms with Gasteiger partial charge in [0, 0.05) is 38.8 Å². The Morgan fingerprint density at radius 1 is 1.29 bits per heavy atom. The first-order valence-corrected chi connectivity index (χ1v) is 9.78. The molecule has 0 bridgehead atoms. The highest BCUT2D eigenvalue weighted by Gasteiger charge is 2.34. The normalized spacial score (nSPS) is 24.8. The minimum Gasteiger partial charge on any atom is -0.396 e. The van der Waals surface area contributed by atoms with E-state index >= 15 is 0 Å². The van der Waals surface area contributed by atoms with Crippen LogP contribution in [0.15, 0.2) is 4.99 Å². The quantitative estimate of drug-likeness (QED) is 0.259. The van der Waals surface area contributed by atoms with Gasteiger partial charge in [-0.15, -0.1) is 24.0 Å². The van der Waals surface area contributed by atoms with E-state index in [4.69, 9.17) is 4.74 Å². The fourth-order valence-electron chi connectivity index (χ4n) is 3.88. The Kier molecular flexibility index (Phi) is 11.4. The van der Waals surface area contributed by atoms with E-state index in [0.29, 0.717) is 44.5 Å². The lowest BCUT2D eigenvalue weighted by atomic mass is 9.84. The van der Waals surface area contributed by atoms with Crippen LogP contribution in [0.2, 0.25) is 0 Å². The minimum absolute atomic E-state index is 0. The highest BCUT2D eigenvalue weighted by Crippen LogP contribution is 2.31. The van der Waals surface area contributed by atoms with Crippen molar-refractivity contribution in [3.05, 3.63) is 0 Å². The number of halogens is 4. The molecule has 1 unspecified atom stereocenters. The zero-order chi connectivity index (χ0) is 19.8. The number of nitrogens with zero attached hydrogens (tertiary/aromatic N) is 2. The predicted octanol–water partition coefficient (Wildman–Crippen LogP) is 2.22. The van der Waals surface area contributed by atoms with Crippen molar-refractivity contribution < 1.29 is 23.0 Å². The van der Waals surface area contributed by atoms with Crippen molar-refractivity contribution in [2.75, 3.05) is 59.6 Å². The van der Waals surface area contributed by atoms with Gasteiger partial charge in [-0.3, -0.25) is 9.89 Å². The molecule has 0 spiro atoms. The Labute approximate surface area is 182 Å². The summed E-state index contributed by atoms with van der Waals surface area (Å²) in [4.78, 5) is 5.73. The van der Waals surface area contributed by atoms with Gasteiger partial charge in [-0.25, -0.2) is 0 Å². The fourth-order valence-corrected chi connectivity index (χ4v) is 3.88. The van der Waals surface area contributed by atoms with Crippen LogP contribution in [0.3, 0.4) is 0 Å². The number of aliphatic hydroxyl groups is 1. The molecule has 1 atom stereocenters. The molecule has 28 heavy (non-hydrogen) atoms. The van der Waals surface area contributed by atoms with Crippen LogP contribution in [-0.4, -0.2) is 81.7 Å². The maximum Gasteiger partial charge on any atom is 0.401 e. The number of piperidine rings is 1.